The molecule has 2 aromatic carbocycles. The fourth-order valence-corrected chi connectivity index (χ4v) is 1.80. The predicted octanol–water partition coefficient (Wildman–Crippen LogP) is 3.58. The lowest BCUT2D eigenvalue weighted by Gasteiger charge is -2.08. The van der Waals surface area contributed by atoms with E-state index in [-0.39, 0.29) is 6.79 Å². The first-order chi connectivity index (χ1) is 8.92. The predicted molar refractivity (Wildman–Crippen MR) is 70.9 cm³/mol. The molecule has 0 spiro atoms. The van der Waals surface area contributed by atoms with Crippen LogP contribution in [-0.2, 0) is 0 Å². The van der Waals surface area contributed by atoms with Crippen molar-refractivity contribution in [2.24, 2.45) is 0 Å². The Balaban J connectivity index is 1.62. The molecule has 0 saturated carbocycles. The van der Waals surface area contributed by atoms with Crippen LogP contribution in [0.1, 0.15) is 0 Å². The third kappa shape index (κ3) is 2.30. The first kappa shape index (κ1) is 10.7. The van der Waals surface area contributed by atoms with Gasteiger partial charge in [-0.15, -0.1) is 0 Å². The van der Waals surface area contributed by atoms with Gasteiger partial charge < -0.3 is 14.5 Å². The number of fused-ring (bicyclic) bond motifs is 1. The molecule has 0 aliphatic rings. The smallest absolute Gasteiger partial charge is 0.230 e. The molecule has 0 fully saturated rings. The van der Waals surface area contributed by atoms with Gasteiger partial charge in [0.05, 0.1) is 0 Å². The monoisotopic (exact) mass is 239 g/mol. The van der Waals surface area contributed by atoms with Crippen LogP contribution in [0.15, 0.2) is 60.8 Å². The lowest BCUT2D eigenvalue weighted by atomic mass is 10.2. The van der Waals surface area contributed by atoms with Gasteiger partial charge in [0.1, 0.15) is 11.5 Å². The third-order valence-corrected chi connectivity index (χ3v) is 2.72. The average Bonchev–Trinajstić information content (AvgIpc) is 2.87. The van der Waals surface area contributed by atoms with Crippen molar-refractivity contribution in [3.05, 3.63) is 60.8 Å². The summed E-state index contributed by atoms with van der Waals surface area (Å²) in [6, 6.07) is 17.6. The van der Waals surface area contributed by atoms with Crippen LogP contribution in [-0.4, -0.2) is 11.8 Å². The van der Waals surface area contributed by atoms with Crippen LogP contribution in [0.4, 0.5) is 0 Å². The Morgan fingerprint density at radius 2 is 1.67 bits per heavy atom. The molecule has 0 radical (unpaired) electrons. The molecule has 18 heavy (non-hydrogen) atoms. The van der Waals surface area contributed by atoms with E-state index >= 15 is 0 Å². The highest BCUT2D eigenvalue weighted by molar-refractivity contribution is 5.80. The molecule has 0 aliphatic carbocycles. The van der Waals surface area contributed by atoms with Crippen LogP contribution in [0, 0.1) is 0 Å². The van der Waals surface area contributed by atoms with Crippen LogP contribution in [0.25, 0.3) is 10.9 Å². The van der Waals surface area contributed by atoms with Crippen molar-refractivity contribution < 1.29 is 9.47 Å². The number of aromatic amines is 1. The summed E-state index contributed by atoms with van der Waals surface area (Å²) in [5.74, 6) is 1.60. The summed E-state index contributed by atoms with van der Waals surface area (Å²) in [5.41, 5.74) is 1.06. The molecule has 0 atom stereocenters. The van der Waals surface area contributed by atoms with Crippen LogP contribution in [0.2, 0.25) is 0 Å². The first-order valence-corrected chi connectivity index (χ1v) is 5.79. The lowest BCUT2D eigenvalue weighted by molar-refractivity contribution is 0.120. The van der Waals surface area contributed by atoms with Crippen molar-refractivity contribution in [3.8, 4) is 11.5 Å². The Morgan fingerprint density at radius 1 is 0.833 bits per heavy atom. The number of ether oxygens (including phenoxy) is 2. The molecule has 90 valence electrons. The average molecular weight is 239 g/mol. The molecule has 0 amide bonds. The van der Waals surface area contributed by atoms with Gasteiger partial charge >= 0.3 is 0 Å². The van der Waals surface area contributed by atoms with Crippen LogP contribution in [0.3, 0.4) is 0 Å². The normalized spacial score (nSPS) is 10.4. The van der Waals surface area contributed by atoms with Gasteiger partial charge in [0.15, 0.2) is 0 Å². The summed E-state index contributed by atoms with van der Waals surface area (Å²) < 4.78 is 11.0. The molecule has 0 bridgehead atoms. The molecule has 0 unspecified atom stereocenters. The van der Waals surface area contributed by atoms with Gasteiger partial charge in [-0.25, -0.2) is 0 Å². The largest absolute Gasteiger partial charge is 0.458 e. The van der Waals surface area contributed by atoms with E-state index < -0.39 is 0 Å². The summed E-state index contributed by atoms with van der Waals surface area (Å²) in [7, 11) is 0. The number of aromatic nitrogens is 1. The maximum atomic E-state index is 5.55. The van der Waals surface area contributed by atoms with E-state index in [2.05, 4.69) is 4.98 Å². The van der Waals surface area contributed by atoms with E-state index in [9.17, 15) is 0 Å². The summed E-state index contributed by atoms with van der Waals surface area (Å²) in [4.78, 5) is 3.15. The van der Waals surface area contributed by atoms with Crippen molar-refractivity contribution in [2.75, 3.05) is 6.79 Å². The molecule has 3 heteroatoms. The van der Waals surface area contributed by atoms with Gasteiger partial charge in [-0.2, -0.15) is 0 Å². The Bertz CT molecular complexity index is 631. The number of para-hydroxylation sites is 1. The molecule has 0 saturated heterocycles. The second-order valence-electron chi connectivity index (χ2n) is 3.95. The van der Waals surface area contributed by atoms with E-state index in [0.29, 0.717) is 0 Å². The van der Waals surface area contributed by atoms with Gasteiger partial charge in [-0.1, -0.05) is 18.2 Å². The highest BCUT2D eigenvalue weighted by atomic mass is 16.7. The third-order valence-electron chi connectivity index (χ3n) is 2.72. The number of H-pyrrole nitrogens is 1. The van der Waals surface area contributed by atoms with Gasteiger partial charge in [-0.3, -0.25) is 0 Å². The number of hydrogen-bond donors (Lipinski definition) is 1. The molecule has 1 aromatic heterocycles. The summed E-state index contributed by atoms with van der Waals surface area (Å²) in [5, 5.41) is 1.17. The summed E-state index contributed by atoms with van der Waals surface area (Å²) in [6.07, 6.45) is 1.91. The van der Waals surface area contributed by atoms with Crippen molar-refractivity contribution in [1.82, 2.24) is 4.98 Å². The Hall–Kier alpha value is -2.42. The standard InChI is InChI=1S/C15H13NO2/c1-2-4-13(5-3-1)17-11-18-14-7-6-12-8-9-16-15(12)10-14/h1-10,16H,11H2. The zero-order chi connectivity index (χ0) is 12.2. The second kappa shape index (κ2) is 4.84. The fraction of sp³-hybridized carbons (Fsp3) is 0.0667. The van der Waals surface area contributed by atoms with Gasteiger partial charge in [0.25, 0.3) is 0 Å². The van der Waals surface area contributed by atoms with E-state index in [4.69, 9.17) is 9.47 Å². The minimum atomic E-state index is 0.205. The molecule has 3 nitrogen and oxygen atoms in total. The zero-order valence-electron chi connectivity index (χ0n) is 9.80. The summed E-state index contributed by atoms with van der Waals surface area (Å²) >= 11 is 0. The van der Waals surface area contributed by atoms with Crippen molar-refractivity contribution in [3.63, 3.8) is 0 Å². The first-order valence-electron chi connectivity index (χ1n) is 5.79. The zero-order valence-corrected chi connectivity index (χ0v) is 9.80. The van der Waals surface area contributed by atoms with Gasteiger partial charge in [0, 0.05) is 17.8 Å². The van der Waals surface area contributed by atoms with Gasteiger partial charge in [-0.05, 0) is 35.7 Å². The highest BCUT2D eigenvalue weighted by Crippen LogP contribution is 2.19. The number of rotatable bonds is 4. The molecule has 0 aliphatic heterocycles. The molecular weight excluding hydrogens is 226 g/mol. The Morgan fingerprint density at radius 3 is 2.56 bits per heavy atom. The minimum Gasteiger partial charge on any atom is -0.458 e. The minimum absolute atomic E-state index is 0.205. The van der Waals surface area contributed by atoms with Crippen molar-refractivity contribution in [2.45, 2.75) is 0 Å². The van der Waals surface area contributed by atoms with E-state index in [1.165, 1.54) is 5.39 Å². The molecule has 1 heterocycles. The number of nitrogens with one attached hydrogen (secondary N) is 1. The van der Waals surface area contributed by atoms with Crippen LogP contribution in [0.5, 0.6) is 11.5 Å². The number of hydrogen-bond acceptors (Lipinski definition) is 2. The fourth-order valence-electron chi connectivity index (χ4n) is 1.80. The van der Waals surface area contributed by atoms with E-state index in [0.717, 1.165) is 17.0 Å². The number of benzene rings is 2. The molecule has 1 N–H and O–H groups in total. The molecular formula is C15H13NO2. The van der Waals surface area contributed by atoms with Crippen molar-refractivity contribution in [1.29, 1.82) is 0 Å². The van der Waals surface area contributed by atoms with Crippen LogP contribution >= 0.6 is 0 Å². The topological polar surface area (TPSA) is 34.2 Å². The summed E-state index contributed by atoms with van der Waals surface area (Å²) in [6.45, 7) is 0.205. The quantitative estimate of drug-likeness (QED) is 0.706. The lowest BCUT2D eigenvalue weighted by Crippen LogP contribution is -2.05. The van der Waals surface area contributed by atoms with E-state index in [1.54, 1.807) is 0 Å². The Kier molecular flexibility index (Phi) is 2.88. The second-order valence-corrected chi connectivity index (χ2v) is 3.95. The molecule has 3 aromatic rings. The van der Waals surface area contributed by atoms with Gasteiger partial charge in [0.2, 0.25) is 6.79 Å². The molecule has 3 rings (SSSR count). The van der Waals surface area contributed by atoms with Crippen LogP contribution < -0.4 is 9.47 Å². The van der Waals surface area contributed by atoms with E-state index in [1.807, 2.05) is 60.8 Å². The maximum absolute atomic E-state index is 5.55. The highest BCUT2D eigenvalue weighted by Gasteiger charge is 1.98. The SMILES string of the molecule is c1ccc(OCOc2ccc3cc[nH]c3c2)cc1. The Labute approximate surface area is 105 Å². The van der Waals surface area contributed by atoms with Crippen molar-refractivity contribution >= 4 is 10.9 Å². The maximum Gasteiger partial charge on any atom is 0.230 e.